The van der Waals surface area contributed by atoms with Crippen LogP contribution in [0.25, 0.3) is 12.2 Å². The molecule has 4 aromatic carbocycles. The van der Waals surface area contributed by atoms with E-state index < -0.39 is 0 Å². The standard InChI is InChI=1S/C26H20N4O2/c31-25-15-11-23(12-16-25)29-27-21-7-3-19(4-8-21)1-2-20-5-9-22(10-6-20)28-30-24-13-17-26(32)18-14-24/h1-18,31-32H. The number of rotatable bonds is 6. The molecule has 0 unspecified atom stereocenters. The molecule has 6 nitrogen and oxygen atoms in total. The van der Waals surface area contributed by atoms with Crippen molar-refractivity contribution in [2.75, 3.05) is 0 Å². The molecule has 4 aromatic rings. The third-order valence-corrected chi connectivity index (χ3v) is 4.52. The molecule has 0 atom stereocenters. The summed E-state index contributed by atoms with van der Waals surface area (Å²) in [4.78, 5) is 0. The second-order valence-corrected chi connectivity index (χ2v) is 6.95. The van der Waals surface area contributed by atoms with Gasteiger partial charge in [-0.2, -0.15) is 20.5 Å². The predicted molar refractivity (Wildman–Crippen MR) is 126 cm³/mol. The van der Waals surface area contributed by atoms with Crippen LogP contribution in [0.1, 0.15) is 11.1 Å². The van der Waals surface area contributed by atoms with Crippen LogP contribution in [-0.2, 0) is 0 Å². The van der Waals surface area contributed by atoms with E-state index in [1.807, 2.05) is 60.7 Å². The zero-order valence-corrected chi connectivity index (χ0v) is 17.1. The summed E-state index contributed by atoms with van der Waals surface area (Å²) >= 11 is 0. The minimum absolute atomic E-state index is 0.202. The minimum Gasteiger partial charge on any atom is -0.508 e. The number of phenols is 2. The van der Waals surface area contributed by atoms with Gasteiger partial charge in [-0.05, 0) is 83.9 Å². The normalized spacial score (nSPS) is 11.6. The Morgan fingerprint density at radius 1 is 0.375 bits per heavy atom. The average Bonchev–Trinajstić information content (AvgIpc) is 2.83. The summed E-state index contributed by atoms with van der Waals surface area (Å²) in [6, 6.07) is 28.6. The monoisotopic (exact) mass is 420 g/mol. The van der Waals surface area contributed by atoms with Crippen LogP contribution in [0.5, 0.6) is 11.5 Å². The van der Waals surface area contributed by atoms with E-state index in [2.05, 4.69) is 20.5 Å². The molecule has 0 amide bonds. The van der Waals surface area contributed by atoms with Crippen molar-refractivity contribution in [1.82, 2.24) is 0 Å². The molecular weight excluding hydrogens is 400 g/mol. The van der Waals surface area contributed by atoms with Gasteiger partial charge < -0.3 is 10.2 Å². The van der Waals surface area contributed by atoms with Crippen molar-refractivity contribution in [1.29, 1.82) is 0 Å². The number of phenolic OH excluding ortho intramolecular Hbond substituents is 2. The van der Waals surface area contributed by atoms with Crippen molar-refractivity contribution in [3.05, 3.63) is 108 Å². The van der Waals surface area contributed by atoms with Crippen LogP contribution in [0.15, 0.2) is 118 Å². The molecule has 0 fully saturated rings. The average molecular weight is 420 g/mol. The Kier molecular flexibility index (Phi) is 6.43. The van der Waals surface area contributed by atoms with E-state index in [4.69, 9.17) is 0 Å². The lowest BCUT2D eigenvalue weighted by molar-refractivity contribution is 0.475. The first-order valence-corrected chi connectivity index (χ1v) is 9.94. The Balaban J connectivity index is 1.35. The van der Waals surface area contributed by atoms with Crippen molar-refractivity contribution in [2.24, 2.45) is 20.5 Å². The Bertz CT molecular complexity index is 1140. The summed E-state index contributed by atoms with van der Waals surface area (Å²) in [5.74, 6) is 0.404. The van der Waals surface area contributed by atoms with Gasteiger partial charge in [0.05, 0.1) is 22.7 Å². The maximum atomic E-state index is 9.30. The highest BCUT2D eigenvalue weighted by Crippen LogP contribution is 2.23. The topological polar surface area (TPSA) is 89.9 Å². The molecule has 32 heavy (non-hydrogen) atoms. The third kappa shape index (κ3) is 5.96. The number of aromatic hydroxyl groups is 2. The van der Waals surface area contributed by atoms with Crippen molar-refractivity contribution in [2.45, 2.75) is 0 Å². The van der Waals surface area contributed by atoms with E-state index in [0.717, 1.165) is 22.5 Å². The van der Waals surface area contributed by atoms with Crippen LogP contribution < -0.4 is 0 Å². The molecule has 0 aliphatic carbocycles. The summed E-state index contributed by atoms with van der Waals surface area (Å²) in [5, 5.41) is 35.3. The maximum Gasteiger partial charge on any atom is 0.115 e. The molecule has 0 saturated heterocycles. The van der Waals surface area contributed by atoms with Gasteiger partial charge >= 0.3 is 0 Å². The molecule has 0 aliphatic heterocycles. The smallest absolute Gasteiger partial charge is 0.115 e. The molecule has 0 saturated carbocycles. The van der Waals surface area contributed by atoms with Crippen LogP contribution in [0.4, 0.5) is 22.7 Å². The van der Waals surface area contributed by atoms with Gasteiger partial charge in [0.25, 0.3) is 0 Å². The van der Waals surface area contributed by atoms with Gasteiger partial charge in [0.2, 0.25) is 0 Å². The summed E-state index contributed by atoms with van der Waals surface area (Å²) in [5.41, 5.74) is 4.95. The van der Waals surface area contributed by atoms with E-state index in [0.29, 0.717) is 11.4 Å². The fraction of sp³-hybridized carbons (Fsp3) is 0. The SMILES string of the molecule is Oc1ccc(N=Nc2ccc(C=Cc3ccc(N=Nc4ccc(O)cc4)cc3)cc2)cc1. The molecule has 6 heteroatoms. The van der Waals surface area contributed by atoms with E-state index >= 15 is 0 Å². The second-order valence-electron chi connectivity index (χ2n) is 6.95. The zero-order chi connectivity index (χ0) is 22.2. The second kappa shape index (κ2) is 9.95. The van der Waals surface area contributed by atoms with E-state index in [1.54, 1.807) is 48.5 Å². The van der Waals surface area contributed by atoms with E-state index in [-0.39, 0.29) is 11.5 Å². The first-order valence-electron chi connectivity index (χ1n) is 9.94. The van der Waals surface area contributed by atoms with Crippen LogP contribution >= 0.6 is 0 Å². The van der Waals surface area contributed by atoms with Crippen LogP contribution in [0.3, 0.4) is 0 Å². The number of hydrogen-bond acceptors (Lipinski definition) is 6. The first-order chi connectivity index (χ1) is 15.6. The quantitative estimate of drug-likeness (QED) is 0.244. The van der Waals surface area contributed by atoms with Gasteiger partial charge in [0.15, 0.2) is 0 Å². The van der Waals surface area contributed by atoms with Crippen LogP contribution in [0.2, 0.25) is 0 Å². The van der Waals surface area contributed by atoms with Crippen LogP contribution in [-0.4, -0.2) is 10.2 Å². The Morgan fingerprint density at radius 2 is 0.625 bits per heavy atom. The Hall–Kier alpha value is -4.58. The van der Waals surface area contributed by atoms with E-state index in [1.165, 1.54) is 0 Å². The highest BCUT2D eigenvalue weighted by molar-refractivity contribution is 5.70. The Labute approximate surface area is 185 Å². The van der Waals surface area contributed by atoms with Gasteiger partial charge in [0.1, 0.15) is 11.5 Å². The molecule has 156 valence electrons. The summed E-state index contributed by atoms with van der Waals surface area (Å²) < 4.78 is 0. The lowest BCUT2D eigenvalue weighted by atomic mass is 10.1. The van der Waals surface area contributed by atoms with Gasteiger partial charge in [-0.3, -0.25) is 0 Å². The highest BCUT2D eigenvalue weighted by Gasteiger charge is 1.95. The summed E-state index contributed by atoms with van der Waals surface area (Å²) in [7, 11) is 0. The van der Waals surface area contributed by atoms with Crippen molar-refractivity contribution >= 4 is 34.9 Å². The van der Waals surface area contributed by atoms with Gasteiger partial charge in [-0.15, -0.1) is 0 Å². The maximum absolute atomic E-state index is 9.30. The molecule has 0 aromatic heterocycles. The largest absolute Gasteiger partial charge is 0.508 e. The lowest BCUT2D eigenvalue weighted by Crippen LogP contribution is -1.73. The highest BCUT2D eigenvalue weighted by atomic mass is 16.3. The Morgan fingerprint density at radius 3 is 0.906 bits per heavy atom. The number of nitrogens with zero attached hydrogens (tertiary/aromatic N) is 4. The van der Waals surface area contributed by atoms with Crippen LogP contribution in [0, 0.1) is 0 Å². The molecule has 4 rings (SSSR count). The fourth-order valence-electron chi connectivity index (χ4n) is 2.77. The van der Waals surface area contributed by atoms with Crippen molar-refractivity contribution in [3.8, 4) is 11.5 Å². The number of hydrogen-bond donors (Lipinski definition) is 2. The van der Waals surface area contributed by atoms with Crippen molar-refractivity contribution < 1.29 is 10.2 Å². The lowest BCUT2D eigenvalue weighted by Gasteiger charge is -1.98. The molecule has 2 N–H and O–H groups in total. The molecule has 0 heterocycles. The van der Waals surface area contributed by atoms with Gasteiger partial charge in [-0.25, -0.2) is 0 Å². The fourth-order valence-corrected chi connectivity index (χ4v) is 2.77. The molecule has 0 bridgehead atoms. The number of benzene rings is 4. The first kappa shape index (κ1) is 20.7. The van der Waals surface area contributed by atoms with Gasteiger partial charge in [0, 0.05) is 0 Å². The number of azo groups is 2. The minimum atomic E-state index is 0.202. The van der Waals surface area contributed by atoms with Crippen molar-refractivity contribution in [3.63, 3.8) is 0 Å². The predicted octanol–water partition coefficient (Wildman–Crippen LogP) is 8.10. The zero-order valence-electron chi connectivity index (χ0n) is 17.1. The molecule has 0 radical (unpaired) electrons. The summed E-state index contributed by atoms with van der Waals surface area (Å²) in [6.07, 6.45) is 4.04. The van der Waals surface area contributed by atoms with Gasteiger partial charge in [-0.1, -0.05) is 36.4 Å². The summed E-state index contributed by atoms with van der Waals surface area (Å²) in [6.45, 7) is 0. The molecular formula is C26H20N4O2. The van der Waals surface area contributed by atoms with E-state index in [9.17, 15) is 10.2 Å². The molecule has 0 spiro atoms. The third-order valence-electron chi connectivity index (χ3n) is 4.52. The molecule has 0 aliphatic rings.